The number of ether oxygens (including phenoxy) is 1. The van der Waals surface area contributed by atoms with Crippen LogP contribution in [0.1, 0.15) is 39.5 Å². The fourth-order valence-corrected chi connectivity index (χ4v) is 2.04. The second-order valence-electron chi connectivity index (χ2n) is 4.15. The Morgan fingerprint density at radius 1 is 1.62 bits per heavy atom. The van der Waals surface area contributed by atoms with E-state index in [2.05, 4.69) is 12.2 Å². The SMILES string of the molecule is COC1(C)CCCC(NC(C)=O)C1. The van der Waals surface area contributed by atoms with E-state index in [1.807, 2.05) is 0 Å². The van der Waals surface area contributed by atoms with Crippen molar-refractivity contribution < 1.29 is 9.53 Å². The molecule has 0 aliphatic heterocycles. The number of carbonyl (C=O) groups is 1. The van der Waals surface area contributed by atoms with Crippen LogP contribution in [0, 0.1) is 0 Å². The average Bonchev–Trinajstić information content (AvgIpc) is 2.03. The molecule has 1 N–H and O–H groups in total. The molecule has 1 saturated carbocycles. The summed E-state index contributed by atoms with van der Waals surface area (Å²) in [7, 11) is 1.75. The van der Waals surface area contributed by atoms with Crippen LogP contribution in [-0.2, 0) is 9.53 Å². The van der Waals surface area contributed by atoms with Crippen molar-refractivity contribution in [3.63, 3.8) is 0 Å². The molecule has 1 amide bonds. The van der Waals surface area contributed by atoms with E-state index < -0.39 is 0 Å². The highest BCUT2D eigenvalue weighted by Crippen LogP contribution is 2.30. The zero-order valence-electron chi connectivity index (χ0n) is 8.72. The zero-order valence-corrected chi connectivity index (χ0v) is 8.72. The fraction of sp³-hybridized carbons (Fsp3) is 0.900. The average molecular weight is 185 g/mol. The van der Waals surface area contributed by atoms with E-state index in [0.29, 0.717) is 6.04 Å². The fourth-order valence-electron chi connectivity index (χ4n) is 2.04. The molecule has 1 aliphatic carbocycles. The van der Waals surface area contributed by atoms with Crippen LogP contribution in [0.4, 0.5) is 0 Å². The zero-order chi connectivity index (χ0) is 9.90. The standard InChI is InChI=1S/C10H19NO2/c1-8(12)11-9-5-4-6-10(2,7-9)13-3/h9H,4-7H2,1-3H3,(H,11,12). The quantitative estimate of drug-likeness (QED) is 0.707. The summed E-state index contributed by atoms with van der Waals surface area (Å²) in [6.07, 6.45) is 4.25. The lowest BCUT2D eigenvalue weighted by molar-refractivity contribution is -0.120. The minimum absolute atomic E-state index is 0.0363. The normalized spacial score (nSPS) is 34.2. The van der Waals surface area contributed by atoms with Crippen molar-refractivity contribution in [2.24, 2.45) is 0 Å². The first-order valence-electron chi connectivity index (χ1n) is 4.88. The lowest BCUT2D eigenvalue weighted by Gasteiger charge is -2.37. The van der Waals surface area contributed by atoms with Crippen LogP contribution >= 0.6 is 0 Å². The number of nitrogens with one attached hydrogen (secondary N) is 1. The Kier molecular flexibility index (Phi) is 3.31. The van der Waals surface area contributed by atoms with Crippen LogP contribution in [0.3, 0.4) is 0 Å². The van der Waals surface area contributed by atoms with Gasteiger partial charge >= 0.3 is 0 Å². The second kappa shape index (κ2) is 4.09. The molecule has 0 aromatic rings. The van der Waals surface area contributed by atoms with Crippen molar-refractivity contribution >= 4 is 5.91 Å². The van der Waals surface area contributed by atoms with Crippen LogP contribution in [0.15, 0.2) is 0 Å². The van der Waals surface area contributed by atoms with Gasteiger partial charge in [-0.05, 0) is 32.6 Å². The van der Waals surface area contributed by atoms with E-state index in [0.717, 1.165) is 25.7 Å². The number of hydrogen-bond donors (Lipinski definition) is 1. The minimum atomic E-state index is -0.0363. The molecule has 0 radical (unpaired) electrons. The van der Waals surface area contributed by atoms with Gasteiger partial charge in [-0.1, -0.05) is 0 Å². The van der Waals surface area contributed by atoms with Crippen molar-refractivity contribution in [3.8, 4) is 0 Å². The molecule has 0 aromatic heterocycles. The molecule has 1 rings (SSSR count). The molecule has 0 spiro atoms. The maximum absolute atomic E-state index is 10.9. The van der Waals surface area contributed by atoms with Crippen LogP contribution in [0.5, 0.6) is 0 Å². The lowest BCUT2D eigenvalue weighted by atomic mass is 9.83. The number of carbonyl (C=O) groups excluding carboxylic acids is 1. The molecule has 2 unspecified atom stereocenters. The topological polar surface area (TPSA) is 38.3 Å². The highest BCUT2D eigenvalue weighted by atomic mass is 16.5. The number of amides is 1. The van der Waals surface area contributed by atoms with Gasteiger partial charge in [0, 0.05) is 20.1 Å². The van der Waals surface area contributed by atoms with Gasteiger partial charge in [-0.3, -0.25) is 4.79 Å². The summed E-state index contributed by atoms with van der Waals surface area (Å²) in [5, 5.41) is 2.95. The first kappa shape index (κ1) is 10.5. The van der Waals surface area contributed by atoms with Gasteiger partial charge < -0.3 is 10.1 Å². The summed E-state index contributed by atoms with van der Waals surface area (Å²) in [4.78, 5) is 10.9. The van der Waals surface area contributed by atoms with Gasteiger partial charge in [-0.2, -0.15) is 0 Å². The minimum Gasteiger partial charge on any atom is -0.378 e. The molecule has 1 fully saturated rings. The molecule has 2 atom stereocenters. The summed E-state index contributed by atoms with van der Waals surface area (Å²) < 4.78 is 5.44. The van der Waals surface area contributed by atoms with Crippen LogP contribution in [0.2, 0.25) is 0 Å². The first-order valence-corrected chi connectivity index (χ1v) is 4.88. The third kappa shape index (κ3) is 2.99. The Morgan fingerprint density at radius 2 is 2.31 bits per heavy atom. The molecule has 3 heteroatoms. The molecule has 3 nitrogen and oxygen atoms in total. The Hall–Kier alpha value is -0.570. The molecule has 1 aliphatic rings. The number of hydrogen-bond acceptors (Lipinski definition) is 2. The monoisotopic (exact) mass is 185 g/mol. The van der Waals surface area contributed by atoms with E-state index in [9.17, 15) is 4.79 Å². The van der Waals surface area contributed by atoms with Gasteiger partial charge in [0.25, 0.3) is 0 Å². The summed E-state index contributed by atoms with van der Waals surface area (Å²) in [6, 6.07) is 0.302. The van der Waals surface area contributed by atoms with Crippen molar-refractivity contribution in [1.29, 1.82) is 0 Å². The number of rotatable bonds is 2. The van der Waals surface area contributed by atoms with Crippen LogP contribution < -0.4 is 5.32 Å². The Bertz CT molecular complexity index is 193. The van der Waals surface area contributed by atoms with E-state index in [-0.39, 0.29) is 11.5 Å². The maximum atomic E-state index is 10.9. The third-order valence-electron chi connectivity index (χ3n) is 2.84. The molecule has 0 heterocycles. The number of methoxy groups -OCH3 is 1. The van der Waals surface area contributed by atoms with Gasteiger partial charge in [-0.15, -0.1) is 0 Å². The van der Waals surface area contributed by atoms with E-state index in [1.54, 1.807) is 14.0 Å². The smallest absolute Gasteiger partial charge is 0.217 e. The molecule has 13 heavy (non-hydrogen) atoms. The summed E-state index contributed by atoms with van der Waals surface area (Å²) in [6.45, 7) is 3.68. The van der Waals surface area contributed by atoms with Gasteiger partial charge in [0.2, 0.25) is 5.91 Å². The van der Waals surface area contributed by atoms with Gasteiger partial charge in [0.1, 0.15) is 0 Å². The Labute approximate surface area is 79.8 Å². The highest BCUT2D eigenvalue weighted by molar-refractivity contribution is 5.73. The van der Waals surface area contributed by atoms with Crippen LogP contribution in [-0.4, -0.2) is 24.7 Å². The summed E-state index contributed by atoms with van der Waals surface area (Å²) in [5.41, 5.74) is -0.0363. The Morgan fingerprint density at radius 3 is 2.85 bits per heavy atom. The maximum Gasteiger partial charge on any atom is 0.217 e. The highest BCUT2D eigenvalue weighted by Gasteiger charge is 2.32. The van der Waals surface area contributed by atoms with E-state index in [1.165, 1.54) is 0 Å². The third-order valence-corrected chi connectivity index (χ3v) is 2.84. The van der Waals surface area contributed by atoms with Crippen molar-refractivity contribution in [2.75, 3.05) is 7.11 Å². The van der Waals surface area contributed by atoms with Crippen molar-refractivity contribution in [1.82, 2.24) is 5.32 Å². The molecular formula is C10H19NO2. The van der Waals surface area contributed by atoms with Gasteiger partial charge in [-0.25, -0.2) is 0 Å². The molecule has 0 aromatic carbocycles. The second-order valence-corrected chi connectivity index (χ2v) is 4.15. The van der Waals surface area contributed by atoms with Crippen molar-refractivity contribution in [2.45, 2.75) is 51.2 Å². The largest absolute Gasteiger partial charge is 0.378 e. The van der Waals surface area contributed by atoms with E-state index in [4.69, 9.17) is 4.74 Å². The predicted octanol–water partition coefficient (Wildman–Crippen LogP) is 1.47. The summed E-state index contributed by atoms with van der Waals surface area (Å²) >= 11 is 0. The molecule has 76 valence electrons. The molecule has 0 bridgehead atoms. The first-order chi connectivity index (χ1) is 6.06. The summed E-state index contributed by atoms with van der Waals surface area (Å²) in [5.74, 6) is 0.0605. The van der Waals surface area contributed by atoms with E-state index >= 15 is 0 Å². The molecule has 0 saturated heterocycles. The van der Waals surface area contributed by atoms with Gasteiger partial charge in [0.05, 0.1) is 5.60 Å². The van der Waals surface area contributed by atoms with Crippen molar-refractivity contribution in [3.05, 3.63) is 0 Å². The predicted molar refractivity (Wildman–Crippen MR) is 51.5 cm³/mol. The van der Waals surface area contributed by atoms with Crippen LogP contribution in [0.25, 0.3) is 0 Å². The molecular weight excluding hydrogens is 166 g/mol. The van der Waals surface area contributed by atoms with Gasteiger partial charge in [0.15, 0.2) is 0 Å². The lowest BCUT2D eigenvalue weighted by Crippen LogP contribution is -2.44. The Balaban J connectivity index is 2.46.